The molecule has 2 aliphatic heterocycles. The summed E-state index contributed by atoms with van der Waals surface area (Å²) in [6.45, 7) is 8.73. The van der Waals surface area contributed by atoms with E-state index in [2.05, 4.69) is 37.8 Å². The van der Waals surface area contributed by atoms with Crippen LogP contribution < -0.4 is 4.90 Å². The van der Waals surface area contributed by atoms with Gasteiger partial charge in [0.15, 0.2) is 0 Å². The van der Waals surface area contributed by atoms with Crippen LogP contribution in [-0.2, 0) is 9.59 Å². The monoisotopic (exact) mass is 463 g/mol. The molecule has 2 aromatic rings. The first-order valence-electron chi connectivity index (χ1n) is 11.5. The third kappa shape index (κ3) is 4.27. The molecule has 0 aliphatic carbocycles. The van der Waals surface area contributed by atoms with Crippen LogP contribution in [0.25, 0.3) is 0 Å². The molecule has 3 amide bonds. The van der Waals surface area contributed by atoms with Crippen molar-refractivity contribution in [1.82, 2.24) is 9.80 Å². The van der Waals surface area contributed by atoms with Crippen molar-refractivity contribution in [2.75, 3.05) is 31.1 Å². The molecule has 0 radical (unpaired) electrons. The largest absolute Gasteiger partial charge is 0.480 e. The Morgan fingerprint density at radius 3 is 1.94 bits per heavy atom. The fraction of sp³-hybridized carbons (Fsp3) is 0.385. The maximum Gasteiger partial charge on any atom is 0.326 e. The van der Waals surface area contributed by atoms with Crippen molar-refractivity contribution in [3.8, 4) is 0 Å². The molecule has 8 heteroatoms. The molecule has 0 aromatic heterocycles. The van der Waals surface area contributed by atoms with Crippen LogP contribution in [0.4, 0.5) is 5.69 Å². The van der Waals surface area contributed by atoms with Crippen molar-refractivity contribution in [3.05, 3.63) is 64.2 Å². The summed E-state index contributed by atoms with van der Waals surface area (Å²) >= 11 is 0. The fourth-order valence-electron chi connectivity index (χ4n) is 5.12. The van der Waals surface area contributed by atoms with E-state index in [1.54, 1.807) is 17.0 Å². The van der Waals surface area contributed by atoms with Crippen LogP contribution in [0.2, 0.25) is 0 Å². The number of fused-ring (bicyclic) bond motifs is 1. The highest BCUT2D eigenvalue weighted by atomic mass is 16.4. The third-order valence-electron chi connectivity index (χ3n) is 6.64. The van der Waals surface area contributed by atoms with Gasteiger partial charge in [-0.25, -0.2) is 4.79 Å². The molecule has 2 aromatic carbocycles. The van der Waals surface area contributed by atoms with Crippen LogP contribution in [-0.4, -0.2) is 70.8 Å². The standard InChI is InChI=1S/C26H29N3O5/c1-16-14-17(2)23(18(3)15-16)28-12-10-27(11-13-28)22(30)9-8-21(26(33)34)29-24(31)19-6-4-5-7-20(19)25(29)32/h4-7,14-15,21H,8-13H2,1-3H3,(H,33,34)/t21-/m0/s1. The van der Waals surface area contributed by atoms with Gasteiger partial charge in [0.05, 0.1) is 11.1 Å². The van der Waals surface area contributed by atoms with Gasteiger partial charge in [-0.2, -0.15) is 0 Å². The number of rotatable bonds is 6. The summed E-state index contributed by atoms with van der Waals surface area (Å²) < 4.78 is 0. The first-order valence-corrected chi connectivity index (χ1v) is 11.5. The highest BCUT2D eigenvalue weighted by molar-refractivity contribution is 6.22. The van der Waals surface area contributed by atoms with Gasteiger partial charge in [-0.1, -0.05) is 29.8 Å². The van der Waals surface area contributed by atoms with Crippen molar-refractivity contribution in [2.24, 2.45) is 0 Å². The van der Waals surface area contributed by atoms with E-state index < -0.39 is 23.8 Å². The van der Waals surface area contributed by atoms with Crippen LogP contribution in [0, 0.1) is 20.8 Å². The summed E-state index contributed by atoms with van der Waals surface area (Å²) in [5.74, 6) is -2.71. The average molecular weight is 464 g/mol. The van der Waals surface area contributed by atoms with Gasteiger partial charge in [0, 0.05) is 38.3 Å². The van der Waals surface area contributed by atoms with Crippen LogP contribution in [0.3, 0.4) is 0 Å². The minimum atomic E-state index is -1.38. The van der Waals surface area contributed by atoms with Gasteiger partial charge < -0.3 is 14.9 Å². The second-order valence-electron chi connectivity index (χ2n) is 9.03. The number of hydrogen-bond acceptors (Lipinski definition) is 5. The Morgan fingerprint density at radius 1 is 0.912 bits per heavy atom. The zero-order chi connectivity index (χ0) is 24.6. The van der Waals surface area contributed by atoms with Crippen molar-refractivity contribution in [1.29, 1.82) is 0 Å². The highest BCUT2D eigenvalue weighted by Gasteiger charge is 2.42. The molecule has 178 valence electrons. The molecule has 1 atom stereocenters. The van der Waals surface area contributed by atoms with E-state index >= 15 is 0 Å². The predicted octanol–water partition coefficient (Wildman–Crippen LogP) is 2.79. The van der Waals surface area contributed by atoms with Crippen molar-refractivity contribution in [2.45, 2.75) is 39.7 Å². The van der Waals surface area contributed by atoms with E-state index in [0.717, 1.165) is 4.90 Å². The summed E-state index contributed by atoms with van der Waals surface area (Å²) in [6.07, 6.45) is -0.164. The van der Waals surface area contributed by atoms with Crippen molar-refractivity contribution < 1.29 is 24.3 Å². The van der Waals surface area contributed by atoms with Gasteiger partial charge in [0.2, 0.25) is 5.91 Å². The van der Waals surface area contributed by atoms with Gasteiger partial charge >= 0.3 is 5.97 Å². The number of anilines is 1. The van der Waals surface area contributed by atoms with Crippen molar-refractivity contribution in [3.63, 3.8) is 0 Å². The molecule has 1 saturated heterocycles. The summed E-state index contributed by atoms with van der Waals surface area (Å²) in [7, 11) is 0. The molecule has 0 bridgehead atoms. The maximum atomic E-state index is 12.9. The van der Waals surface area contributed by atoms with Gasteiger partial charge in [0.25, 0.3) is 11.8 Å². The Labute approximate surface area is 198 Å². The third-order valence-corrected chi connectivity index (χ3v) is 6.64. The van der Waals surface area contributed by atoms with Crippen LogP contribution in [0.5, 0.6) is 0 Å². The van der Waals surface area contributed by atoms with Crippen molar-refractivity contribution >= 4 is 29.4 Å². The van der Waals surface area contributed by atoms with E-state index in [-0.39, 0.29) is 29.9 Å². The zero-order valence-electron chi connectivity index (χ0n) is 19.7. The molecular formula is C26H29N3O5. The Morgan fingerprint density at radius 2 is 1.44 bits per heavy atom. The maximum absolute atomic E-state index is 12.9. The molecule has 1 fully saturated rings. The molecule has 8 nitrogen and oxygen atoms in total. The molecule has 1 N–H and O–H groups in total. The lowest BCUT2D eigenvalue weighted by molar-refractivity contribution is -0.142. The van der Waals surface area contributed by atoms with E-state index in [4.69, 9.17) is 0 Å². The molecule has 0 unspecified atom stereocenters. The summed E-state index contributed by atoms with van der Waals surface area (Å²) in [6, 6.07) is 9.22. The number of carbonyl (C=O) groups excluding carboxylic acids is 3. The smallest absolute Gasteiger partial charge is 0.326 e. The van der Waals surface area contributed by atoms with E-state index in [9.17, 15) is 24.3 Å². The Kier molecular flexibility index (Phi) is 6.41. The number of carbonyl (C=O) groups is 4. The summed E-state index contributed by atoms with van der Waals surface area (Å²) in [5.41, 5.74) is 5.24. The molecule has 2 aliphatic rings. The van der Waals surface area contributed by atoms with Crippen LogP contribution in [0.15, 0.2) is 36.4 Å². The average Bonchev–Trinajstić information content (AvgIpc) is 3.04. The highest BCUT2D eigenvalue weighted by Crippen LogP contribution is 2.28. The normalized spacial score (nSPS) is 16.6. The van der Waals surface area contributed by atoms with E-state index in [1.807, 2.05) is 0 Å². The van der Waals surface area contributed by atoms with E-state index in [1.165, 1.54) is 34.5 Å². The molecular weight excluding hydrogens is 434 g/mol. The minimum absolute atomic E-state index is 0.0487. The minimum Gasteiger partial charge on any atom is -0.480 e. The van der Waals surface area contributed by atoms with Crippen LogP contribution >= 0.6 is 0 Å². The summed E-state index contributed by atoms with van der Waals surface area (Å²) in [4.78, 5) is 55.0. The molecule has 2 heterocycles. The topological polar surface area (TPSA) is 98.2 Å². The number of amides is 3. The van der Waals surface area contributed by atoms with Gasteiger partial charge in [0.1, 0.15) is 6.04 Å². The van der Waals surface area contributed by atoms with Gasteiger partial charge in [-0.15, -0.1) is 0 Å². The number of benzene rings is 2. The number of carboxylic acids is 1. The lowest BCUT2D eigenvalue weighted by atomic mass is 10.0. The SMILES string of the molecule is Cc1cc(C)c(N2CCN(C(=O)CC[C@@H](C(=O)O)N3C(=O)c4ccccc4C3=O)CC2)c(C)c1. The molecule has 4 rings (SSSR count). The lowest BCUT2D eigenvalue weighted by Gasteiger charge is -2.38. The number of piperazine rings is 1. The predicted molar refractivity (Wildman–Crippen MR) is 127 cm³/mol. The second kappa shape index (κ2) is 9.29. The second-order valence-corrected chi connectivity index (χ2v) is 9.03. The number of aliphatic carboxylic acids is 1. The molecule has 34 heavy (non-hydrogen) atoms. The quantitative estimate of drug-likeness (QED) is 0.662. The summed E-state index contributed by atoms with van der Waals surface area (Å²) in [5, 5.41) is 9.73. The van der Waals surface area contributed by atoms with Crippen LogP contribution in [0.1, 0.15) is 50.2 Å². The first-order chi connectivity index (χ1) is 16.2. The lowest BCUT2D eigenvalue weighted by Crippen LogP contribution is -2.50. The zero-order valence-corrected chi connectivity index (χ0v) is 19.7. The van der Waals surface area contributed by atoms with Gasteiger partial charge in [-0.05, 0) is 50.5 Å². The number of imide groups is 1. The Balaban J connectivity index is 1.38. The fourth-order valence-corrected chi connectivity index (χ4v) is 5.12. The number of carboxylic acid groups (broad SMARTS) is 1. The number of aryl methyl sites for hydroxylation is 3. The first kappa shape index (κ1) is 23.5. The van der Waals surface area contributed by atoms with Gasteiger partial charge in [-0.3, -0.25) is 19.3 Å². The Bertz CT molecular complexity index is 1110. The Hall–Kier alpha value is -3.68. The van der Waals surface area contributed by atoms with E-state index in [0.29, 0.717) is 26.2 Å². The number of hydrogen-bond donors (Lipinski definition) is 1. The molecule has 0 spiro atoms. The number of nitrogens with zero attached hydrogens (tertiary/aromatic N) is 3. The molecule has 0 saturated carbocycles.